The normalized spacial score (nSPS) is 15.2. The highest BCUT2D eigenvalue weighted by Gasteiger charge is 2.28. The van der Waals surface area contributed by atoms with Gasteiger partial charge in [0.2, 0.25) is 5.91 Å². The van der Waals surface area contributed by atoms with Crippen LogP contribution in [0.1, 0.15) is 25.3 Å². The lowest BCUT2D eigenvalue weighted by molar-refractivity contribution is -0.129. The third kappa shape index (κ3) is 4.39. The number of hydrogen-bond acceptors (Lipinski definition) is 2. The maximum Gasteiger partial charge on any atom is 0.251 e. The van der Waals surface area contributed by atoms with E-state index in [1.54, 1.807) is 13.0 Å². The summed E-state index contributed by atoms with van der Waals surface area (Å²) in [6, 6.07) is 19.7. The Bertz CT molecular complexity index is 763. The first-order chi connectivity index (χ1) is 12.6. The molecule has 1 heterocycles. The zero-order valence-corrected chi connectivity index (χ0v) is 15.0. The van der Waals surface area contributed by atoms with Crippen molar-refractivity contribution in [2.24, 2.45) is 0 Å². The SMILES string of the molecule is CC(=O)N1CCC(N(C(=O)C=Cc2ccccc2)c2ccccc2)CC1. The van der Waals surface area contributed by atoms with E-state index in [1.807, 2.05) is 76.5 Å². The van der Waals surface area contributed by atoms with Crippen molar-refractivity contribution >= 4 is 23.6 Å². The fourth-order valence-electron chi connectivity index (χ4n) is 3.36. The number of para-hydroxylation sites is 1. The van der Waals surface area contributed by atoms with Gasteiger partial charge in [-0.05, 0) is 36.6 Å². The van der Waals surface area contributed by atoms with E-state index in [-0.39, 0.29) is 17.9 Å². The smallest absolute Gasteiger partial charge is 0.251 e. The van der Waals surface area contributed by atoms with Crippen molar-refractivity contribution in [3.05, 3.63) is 72.3 Å². The first-order valence-corrected chi connectivity index (χ1v) is 9.02. The van der Waals surface area contributed by atoms with E-state index in [2.05, 4.69) is 0 Å². The van der Waals surface area contributed by atoms with Crippen molar-refractivity contribution in [3.63, 3.8) is 0 Å². The van der Waals surface area contributed by atoms with Gasteiger partial charge in [0.15, 0.2) is 0 Å². The van der Waals surface area contributed by atoms with Gasteiger partial charge in [0, 0.05) is 37.8 Å². The number of rotatable bonds is 4. The van der Waals surface area contributed by atoms with Crippen LogP contribution >= 0.6 is 0 Å². The van der Waals surface area contributed by atoms with E-state index in [4.69, 9.17) is 0 Å². The molecule has 4 heteroatoms. The van der Waals surface area contributed by atoms with E-state index < -0.39 is 0 Å². The Labute approximate surface area is 154 Å². The molecule has 0 aromatic heterocycles. The molecule has 0 bridgehead atoms. The molecule has 2 aromatic carbocycles. The molecule has 0 atom stereocenters. The number of benzene rings is 2. The van der Waals surface area contributed by atoms with Crippen LogP contribution in [0.2, 0.25) is 0 Å². The summed E-state index contributed by atoms with van der Waals surface area (Å²) in [5.74, 6) is 0.0753. The molecule has 2 aromatic rings. The summed E-state index contributed by atoms with van der Waals surface area (Å²) < 4.78 is 0. The van der Waals surface area contributed by atoms with Gasteiger partial charge in [-0.15, -0.1) is 0 Å². The highest BCUT2D eigenvalue weighted by molar-refractivity contribution is 6.04. The summed E-state index contributed by atoms with van der Waals surface area (Å²) in [7, 11) is 0. The minimum Gasteiger partial charge on any atom is -0.343 e. The number of amides is 2. The summed E-state index contributed by atoms with van der Waals surface area (Å²) in [5, 5.41) is 0. The number of carbonyl (C=O) groups is 2. The van der Waals surface area contributed by atoms with Crippen molar-refractivity contribution in [2.75, 3.05) is 18.0 Å². The van der Waals surface area contributed by atoms with E-state index in [9.17, 15) is 9.59 Å². The van der Waals surface area contributed by atoms with Crippen LogP contribution < -0.4 is 4.90 Å². The Balaban J connectivity index is 1.79. The second-order valence-electron chi connectivity index (χ2n) is 6.53. The Kier molecular flexibility index (Phi) is 5.84. The summed E-state index contributed by atoms with van der Waals surface area (Å²) >= 11 is 0. The summed E-state index contributed by atoms with van der Waals surface area (Å²) in [4.78, 5) is 28.3. The van der Waals surface area contributed by atoms with Gasteiger partial charge in [-0.1, -0.05) is 48.5 Å². The van der Waals surface area contributed by atoms with Crippen molar-refractivity contribution in [1.82, 2.24) is 4.90 Å². The van der Waals surface area contributed by atoms with Crippen LogP contribution in [0.4, 0.5) is 5.69 Å². The van der Waals surface area contributed by atoms with Crippen LogP contribution in [0.15, 0.2) is 66.7 Å². The monoisotopic (exact) mass is 348 g/mol. The Hall–Kier alpha value is -2.88. The molecule has 1 fully saturated rings. The van der Waals surface area contributed by atoms with Crippen LogP contribution in [0.5, 0.6) is 0 Å². The molecular weight excluding hydrogens is 324 g/mol. The maximum absolute atomic E-state index is 13.0. The second kappa shape index (κ2) is 8.48. The van der Waals surface area contributed by atoms with Gasteiger partial charge < -0.3 is 9.80 Å². The van der Waals surface area contributed by atoms with E-state index in [0.717, 1.165) is 24.1 Å². The number of anilines is 1. The molecule has 2 amide bonds. The highest BCUT2D eigenvalue weighted by Crippen LogP contribution is 2.24. The van der Waals surface area contributed by atoms with Crippen LogP contribution in [0, 0.1) is 0 Å². The number of likely N-dealkylation sites (tertiary alicyclic amines) is 1. The first kappa shape index (κ1) is 17.9. The summed E-state index contributed by atoms with van der Waals surface area (Å²) in [6.07, 6.45) is 5.07. The Morgan fingerprint density at radius 1 is 0.962 bits per heavy atom. The second-order valence-corrected chi connectivity index (χ2v) is 6.53. The van der Waals surface area contributed by atoms with Crippen LogP contribution in [0.3, 0.4) is 0 Å². The Morgan fingerprint density at radius 2 is 1.54 bits per heavy atom. The van der Waals surface area contributed by atoms with Gasteiger partial charge in [-0.25, -0.2) is 0 Å². The molecule has 4 nitrogen and oxygen atoms in total. The zero-order valence-electron chi connectivity index (χ0n) is 15.0. The van der Waals surface area contributed by atoms with Gasteiger partial charge in [-0.2, -0.15) is 0 Å². The van der Waals surface area contributed by atoms with Gasteiger partial charge in [-0.3, -0.25) is 9.59 Å². The molecule has 0 saturated carbocycles. The fraction of sp³-hybridized carbons (Fsp3) is 0.273. The average Bonchev–Trinajstić information content (AvgIpc) is 2.69. The summed E-state index contributed by atoms with van der Waals surface area (Å²) in [6.45, 7) is 2.99. The molecule has 134 valence electrons. The Morgan fingerprint density at radius 3 is 2.12 bits per heavy atom. The van der Waals surface area contributed by atoms with Gasteiger partial charge >= 0.3 is 0 Å². The van der Waals surface area contributed by atoms with Crippen LogP contribution in [-0.2, 0) is 9.59 Å². The predicted octanol–water partition coefficient (Wildman–Crippen LogP) is 3.74. The minimum absolute atomic E-state index is 0.0265. The molecule has 1 aliphatic rings. The maximum atomic E-state index is 13.0. The predicted molar refractivity (Wildman–Crippen MR) is 105 cm³/mol. The molecule has 26 heavy (non-hydrogen) atoms. The third-order valence-electron chi connectivity index (χ3n) is 4.76. The lowest BCUT2D eigenvalue weighted by Gasteiger charge is -2.38. The quantitative estimate of drug-likeness (QED) is 0.790. The molecule has 0 aliphatic carbocycles. The molecule has 3 rings (SSSR count). The third-order valence-corrected chi connectivity index (χ3v) is 4.76. The lowest BCUT2D eigenvalue weighted by Crippen LogP contribution is -2.48. The van der Waals surface area contributed by atoms with Crippen molar-refractivity contribution in [2.45, 2.75) is 25.8 Å². The van der Waals surface area contributed by atoms with Crippen molar-refractivity contribution in [3.8, 4) is 0 Å². The van der Waals surface area contributed by atoms with Gasteiger partial charge in [0.1, 0.15) is 0 Å². The van der Waals surface area contributed by atoms with Gasteiger partial charge in [0.25, 0.3) is 5.91 Å². The molecule has 0 spiro atoms. The molecule has 0 radical (unpaired) electrons. The number of carbonyl (C=O) groups excluding carboxylic acids is 2. The topological polar surface area (TPSA) is 40.6 Å². The van der Waals surface area contributed by atoms with Crippen molar-refractivity contribution < 1.29 is 9.59 Å². The molecule has 1 aliphatic heterocycles. The standard InChI is InChI=1S/C22H24N2O2/c1-18(25)23-16-14-21(15-17-23)24(20-10-6-3-7-11-20)22(26)13-12-19-8-4-2-5-9-19/h2-13,21H,14-17H2,1H3. The van der Waals surface area contributed by atoms with Crippen LogP contribution in [0.25, 0.3) is 6.08 Å². The van der Waals surface area contributed by atoms with E-state index in [0.29, 0.717) is 13.1 Å². The molecule has 0 unspecified atom stereocenters. The van der Waals surface area contributed by atoms with E-state index in [1.165, 1.54) is 0 Å². The zero-order chi connectivity index (χ0) is 18.4. The number of piperidine rings is 1. The van der Waals surface area contributed by atoms with Crippen molar-refractivity contribution in [1.29, 1.82) is 0 Å². The molecular formula is C22H24N2O2. The average molecular weight is 348 g/mol. The van der Waals surface area contributed by atoms with Crippen LogP contribution in [-0.4, -0.2) is 35.8 Å². The fourth-order valence-corrected chi connectivity index (χ4v) is 3.36. The van der Waals surface area contributed by atoms with Gasteiger partial charge in [0.05, 0.1) is 0 Å². The molecule has 0 N–H and O–H groups in total. The minimum atomic E-state index is -0.0265. The lowest BCUT2D eigenvalue weighted by atomic mass is 10.0. The number of nitrogens with zero attached hydrogens (tertiary/aromatic N) is 2. The summed E-state index contributed by atoms with van der Waals surface area (Å²) in [5.41, 5.74) is 1.90. The highest BCUT2D eigenvalue weighted by atomic mass is 16.2. The molecule has 1 saturated heterocycles. The van der Waals surface area contributed by atoms with E-state index >= 15 is 0 Å². The number of hydrogen-bond donors (Lipinski definition) is 0. The first-order valence-electron chi connectivity index (χ1n) is 9.02. The largest absolute Gasteiger partial charge is 0.343 e.